The van der Waals surface area contributed by atoms with Crippen LogP contribution in [0.1, 0.15) is 6.92 Å². The maximum atomic E-state index is 10.4. The van der Waals surface area contributed by atoms with Crippen molar-refractivity contribution in [2.24, 2.45) is 5.92 Å². The third-order valence-corrected chi connectivity index (χ3v) is 2.18. The van der Waals surface area contributed by atoms with Gasteiger partial charge in [0.1, 0.15) is 0 Å². The molecular formula is C11H16N2O3. The smallest absolute Gasteiger partial charge is 0.269 e. The summed E-state index contributed by atoms with van der Waals surface area (Å²) in [7, 11) is 1.67. The molecule has 0 bridgehead atoms. The molecule has 1 N–H and O–H groups in total. The molecule has 1 unspecified atom stereocenters. The van der Waals surface area contributed by atoms with E-state index in [-0.39, 0.29) is 5.69 Å². The Morgan fingerprint density at radius 3 is 2.56 bits per heavy atom. The number of hydrogen-bond acceptors (Lipinski definition) is 4. The Bertz CT molecular complexity index is 338. The van der Waals surface area contributed by atoms with E-state index in [2.05, 4.69) is 12.2 Å². The van der Waals surface area contributed by atoms with Crippen LogP contribution >= 0.6 is 0 Å². The standard InChI is InChI=1S/C11H16N2O3/c1-9(8-16-2)7-12-10-3-5-11(6-4-10)13(14)15/h3-6,9,12H,7-8H2,1-2H3. The van der Waals surface area contributed by atoms with Crippen molar-refractivity contribution in [1.29, 1.82) is 0 Å². The number of nitrogens with zero attached hydrogens (tertiary/aromatic N) is 1. The molecule has 0 fully saturated rings. The molecule has 0 spiro atoms. The zero-order chi connectivity index (χ0) is 12.0. The fourth-order valence-electron chi connectivity index (χ4n) is 1.34. The zero-order valence-corrected chi connectivity index (χ0v) is 9.47. The van der Waals surface area contributed by atoms with E-state index < -0.39 is 4.92 Å². The van der Waals surface area contributed by atoms with Crippen LogP contribution in [-0.2, 0) is 4.74 Å². The summed E-state index contributed by atoms with van der Waals surface area (Å²) in [5, 5.41) is 13.6. The van der Waals surface area contributed by atoms with Gasteiger partial charge in [0.15, 0.2) is 0 Å². The fourth-order valence-corrected chi connectivity index (χ4v) is 1.34. The first-order valence-electron chi connectivity index (χ1n) is 5.10. The Balaban J connectivity index is 2.46. The van der Waals surface area contributed by atoms with Crippen LogP contribution < -0.4 is 5.32 Å². The molecule has 0 heterocycles. The van der Waals surface area contributed by atoms with Gasteiger partial charge in [0.25, 0.3) is 5.69 Å². The van der Waals surface area contributed by atoms with Gasteiger partial charge in [0.2, 0.25) is 0 Å². The van der Waals surface area contributed by atoms with Gasteiger partial charge in [-0.05, 0) is 18.1 Å². The van der Waals surface area contributed by atoms with Gasteiger partial charge in [-0.1, -0.05) is 6.92 Å². The zero-order valence-electron chi connectivity index (χ0n) is 9.47. The van der Waals surface area contributed by atoms with E-state index in [9.17, 15) is 10.1 Å². The summed E-state index contributed by atoms with van der Waals surface area (Å²) in [4.78, 5) is 10.0. The lowest BCUT2D eigenvalue weighted by atomic mass is 10.2. The highest BCUT2D eigenvalue weighted by molar-refractivity contribution is 5.48. The van der Waals surface area contributed by atoms with Crippen LogP contribution in [0.25, 0.3) is 0 Å². The van der Waals surface area contributed by atoms with Crippen LogP contribution in [0.3, 0.4) is 0 Å². The Kier molecular flexibility index (Phi) is 4.72. The number of methoxy groups -OCH3 is 1. The number of nitro groups is 1. The number of non-ortho nitro benzene ring substituents is 1. The van der Waals surface area contributed by atoms with E-state index >= 15 is 0 Å². The Morgan fingerprint density at radius 2 is 2.06 bits per heavy atom. The van der Waals surface area contributed by atoms with Crippen molar-refractivity contribution < 1.29 is 9.66 Å². The highest BCUT2D eigenvalue weighted by Crippen LogP contribution is 2.15. The SMILES string of the molecule is COCC(C)CNc1ccc([N+](=O)[O-])cc1. The lowest BCUT2D eigenvalue weighted by Gasteiger charge is -2.12. The van der Waals surface area contributed by atoms with Crippen LogP contribution in [0, 0.1) is 16.0 Å². The van der Waals surface area contributed by atoms with Crippen LogP contribution in [0.5, 0.6) is 0 Å². The minimum absolute atomic E-state index is 0.107. The second-order valence-corrected chi connectivity index (χ2v) is 3.75. The van der Waals surface area contributed by atoms with Crippen LogP contribution in [-0.4, -0.2) is 25.2 Å². The number of benzene rings is 1. The highest BCUT2D eigenvalue weighted by atomic mass is 16.6. The molecule has 0 aliphatic carbocycles. The topological polar surface area (TPSA) is 64.4 Å². The van der Waals surface area contributed by atoms with Crippen molar-refractivity contribution in [1.82, 2.24) is 0 Å². The molecule has 0 aliphatic rings. The van der Waals surface area contributed by atoms with Crippen molar-refractivity contribution in [3.63, 3.8) is 0 Å². The minimum atomic E-state index is -0.405. The summed E-state index contributed by atoms with van der Waals surface area (Å²) in [6, 6.07) is 6.39. The summed E-state index contributed by atoms with van der Waals surface area (Å²) in [5.41, 5.74) is 0.990. The minimum Gasteiger partial charge on any atom is -0.385 e. The molecule has 1 rings (SSSR count). The van der Waals surface area contributed by atoms with Crippen LogP contribution in [0.4, 0.5) is 11.4 Å². The number of nitro benzene ring substituents is 1. The van der Waals surface area contributed by atoms with E-state index in [0.29, 0.717) is 12.5 Å². The lowest BCUT2D eigenvalue weighted by molar-refractivity contribution is -0.384. The average Bonchev–Trinajstić information content (AvgIpc) is 2.27. The first-order chi connectivity index (χ1) is 7.63. The molecule has 0 saturated heterocycles. The predicted molar refractivity (Wildman–Crippen MR) is 62.6 cm³/mol. The van der Waals surface area contributed by atoms with Gasteiger partial charge >= 0.3 is 0 Å². The van der Waals surface area contributed by atoms with Gasteiger partial charge < -0.3 is 10.1 Å². The van der Waals surface area contributed by atoms with Crippen molar-refractivity contribution in [2.75, 3.05) is 25.6 Å². The molecular weight excluding hydrogens is 208 g/mol. The maximum absolute atomic E-state index is 10.4. The summed E-state index contributed by atoms with van der Waals surface area (Å²) in [6.45, 7) is 3.55. The van der Waals surface area contributed by atoms with E-state index in [0.717, 1.165) is 12.2 Å². The lowest BCUT2D eigenvalue weighted by Crippen LogP contribution is -2.15. The third-order valence-electron chi connectivity index (χ3n) is 2.18. The molecule has 1 aromatic rings. The third kappa shape index (κ3) is 3.86. The van der Waals surface area contributed by atoms with E-state index in [1.807, 2.05) is 0 Å². The molecule has 0 amide bonds. The van der Waals surface area contributed by atoms with Gasteiger partial charge in [-0.15, -0.1) is 0 Å². The molecule has 0 radical (unpaired) electrons. The summed E-state index contributed by atoms with van der Waals surface area (Å²) in [5.74, 6) is 0.403. The van der Waals surface area contributed by atoms with Crippen LogP contribution in [0.15, 0.2) is 24.3 Å². The molecule has 0 saturated carbocycles. The van der Waals surface area contributed by atoms with Gasteiger partial charge in [0.05, 0.1) is 11.5 Å². The molecule has 88 valence electrons. The Hall–Kier alpha value is -1.62. The van der Waals surface area contributed by atoms with E-state index in [1.165, 1.54) is 12.1 Å². The Morgan fingerprint density at radius 1 is 1.44 bits per heavy atom. The normalized spacial score (nSPS) is 12.1. The van der Waals surface area contributed by atoms with Crippen molar-refractivity contribution in [2.45, 2.75) is 6.92 Å². The summed E-state index contributed by atoms with van der Waals surface area (Å²) < 4.78 is 5.01. The number of rotatable bonds is 6. The quantitative estimate of drug-likeness (QED) is 0.594. The molecule has 1 aromatic carbocycles. The van der Waals surface area contributed by atoms with Gasteiger partial charge in [-0.25, -0.2) is 0 Å². The molecule has 5 heteroatoms. The van der Waals surface area contributed by atoms with Gasteiger partial charge in [0, 0.05) is 31.5 Å². The van der Waals surface area contributed by atoms with Crippen molar-refractivity contribution in [3.8, 4) is 0 Å². The predicted octanol–water partition coefficient (Wildman–Crippen LogP) is 2.29. The summed E-state index contributed by atoms with van der Waals surface area (Å²) >= 11 is 0. The fraction of sp³-hybridized carbons (Fsp3) is 0.455. The number of nitrogens with one attached hydrogen (secondary N) is 1. The molecule has 0 aliphatic heterocycles. The monoisotopic (exact) mass is 224 g/mol. The van der Waals surface area contributed by atoms with E-state index in [1.54, 1.807) is 19.2 Å². The van der Waals surface area contributed by atoms with Crippen LogP contribution in [0.2, 0.25) is 0 Å². The van der Waals surface area contributed by atoms with E-state index in [4.69, 9.17) is 4.74 Å². The molecule has 16 heavy (non-hydrogen) atoms. The largest absolute Gasteiger partial charge is 0.385 e. The molecule has 5 nitrogen and oxygen atoms in total. The molecule has 1 atom stereocenters. The Labute approximate surface area is 94.6 Å². The average molecular weight is 224 g/mol. The highest BCUT2D eigenvalue weighted by Gasteiger charge is 2.04. The second-order valence-electron chi connectivity index (χ2n) is 3.75. The summed E-state index contributed by atoms with van der Waals surface area (Å²) in [6.07, 6.45) is 0. The number of anilines is 1. The van der Waals surface area contributed by atoms with Gasteiger partial charge in [-0.3, -0.25) is 10.1 Å². The number of ether oxygens (including phenoxy) is 1. The van der Waals surface area contributed by atoms with Crippen molar-refractivity contribution in [3.05, 3.63) is 34.4 Å². The first-order valence-corrected chi connectivity index (χ1v) is 5.10. The second kappa shape index (κ2) is 6.07. The number of hydrogen-bond donors (Lipinski definition) is 1. The first kappa shape index (κ1) is 12.4. The van der Waals surface area contributed by atoms with Gasteiger partial charge in [-0.2, -0.15) is 0 Å². The molecule has 0 aromatic heterocycles. The van der Waals surface area contributed by atoms with Crippen molar-refractivity contribution >= 4 is 11.4 Å². The maximum Gasteiger partial charge on any atom is 0.269 e.